The molecule has 0 amide bonds. The molecule has 7 nitrogen and oxygen atoms in total. The summed E-state index contributed by atoms with van der Waals surface area (Å²) in [7, 11) is -2.29. The lowest BCUT2D eigenvalue weighted by molar-refractivity contribution is -0.384. The molecule has 0 fully saturated rings. The number of nitrogens with one attached hydrogen (secondary N) is 1. The first-order chi connectivity index (χ1) is 13.4. The molecule has 3 rings (SSSR count). The normalized spacial score (nSPS) is 11.0. The molecule has 1 N–H and O–H groups in total. The summed E-state index contributed by atoms with van der Waals surface area (Å²) >= 11 is 1.22. The summed E-state index contributed by atoms with van der Waals surface area (Å²) in [6.07, 6.45) is 0. The topological polar surface area (TPSA) is 98.5 Å². The van der Waals surface area contributed by atoms with Crippen LogP contribution in [-0.4, -0.2) is 20.5 Å². The zero-order valence-corrected chi connectivity index (χ0v) is 16.4. The third-order valence-electron chi connectivity index (χ3n) is 3.76. The maximum atomic E-state index is 12.9. The molecule has 3 aromatic carbocycles. The number of sulfonamides is 1. The first kappa shape index (κ1) is 19.7. The van der Waals surface area contributed by atoms with Crippen LogP contribution in [-0.2, 0) is 10.0 Å². The van der Waals surface area contributed by atoms with E-state index in [1.165, 1.54) is 37.1 Å². The van der Waals surface area contributed by atoms with Gasteiger partial charge >= 0.3 is 0 Å². The fourth-order valence-electron chi connectivity index (χ4n) is 2.39. The second kappa shape index (κ2) is 8.32. The number of hydrogen-bond donors (Lipinski definition) is 1. The molecular formula is C19H16N2O5S2. The minimum Gasteiger partial charge on any atom is -0.497 e. The van der Waals surface area contributed by atoms with Crippen LogP contribution in [0.15, 0.2) is 87.5 Å². The van der Waals surface area contributed by atoms with Crippen molar-refractivity contribution in [2.24, 2.45) is 0 Å². The van der Waals surface area contributed by atoms with Crippen LogP contribution in [0.25, 0.3) is 0 Å². The van der Waals surface area contributed by atoms with Gasteiger partial charge in [0.25, 0.3) is 15.7 Å². The number of nitrogens with zero attached hydrogens (tertiary/aromatic N) is 1. The molecule has 0 aromatic heterocycles. The van der Waals surface area contributed by atoms with Crippen molar-refractivity contribution in [1.29, 1.82) is 0 Å². The van der Waals surface area contributed by atoms with Gasteiger partial charge in [0.2, 0.25) is 0 Å². The summed E-state index contributed by atoms with van der Waals surface area (Å²) in [5.41, 5.74) is 0.391. The Morgan fingerprint density at radius 3 is 2.21 bits per heavy atom. The van der Waals surface area contributed by atoms with Gasteiger partial charge in [-0.1, -0.05) is 23.9 Å². The van der Waals surface area contributed by atoms with E-state index in [9.17, 15) is 18.5 Å². The minimum absolute atomic E-state index is 0.0218. The Bertz CT molecular complexity index is 1080. The summed E-state index contributed by atoms with van der Waals surface area (Å²) in [5, 5.41) is 10.8. The molecule has 0 aliphatic heterocycles. The predicted octanol–water partition coefficient (Wildman–Crippen LogP) is 4.56. The predicted molar refractivity (Wildman–Crippen MR) is 107 cm³/mol. The van der Waals surface area contributed by atoms with E-state index in [1.54, 1.807) is 54.6 Å². The van der Waals surface area contributed by atoms with Gasteiger partial charge < -0.3 is 4.74 Å². The summed E-state index contributed by atoms with van der Waals surface area (Å²) in [6, 6.07) is 19.1. The van der Waals surface area contributed by atoms with Gasteiger partial charge in [0.15, 0.2) is 0 Å². The van der Waals surface area contributed by atoms with Crippen molar-refractivity contribution >= 4 is 33.2 Å². The van der Waals surface area contributed by atoms with Gasteiger partial charge in [-0.15, -0.1) is 0 Å². The molecule has 0 saturated heterocycles. The van der Waals surface area contributed by atoms with Crippen LogP contribution in [0.4, 0.5) is 11.4 Å². The van der Waals surface area contributed by atoms with E-state index >= 15 is 0 Å². The first-order valence-corrected chi connectivity index (χ1v) is 10.4. The lowest BCUT2D eigenvalue weighted by atomic mass is 10.3. The molecule has 9 heteroatoms. The molecule has 0 heterocycles. The number of nitro benzene ring substituents is 1. The van der Waals surface area contributed by atoms with E-state index in [4.69, 9.17) is 4.74 Å². The van der Waals surface area contributed by atoms with Gasteiger partial charge in [0.1, 0.15) is 10.6 Å². The van der Waals surface area contributed by atoms with E-state index in [0.29, 0.717) is 21.2 Å². The van der Waals surface area contributed by atoms with Crippen molar-refractivity contribution in [3.05, 3.63) is 82.9 Å². The van der Waals surface area contributed by atoms with Crippen molar-refractivity contribution in [2.75, 3.05) is 11.8 Å². The molecule has 0 unspecified atom stereocenters. The van der Waals surface area contributed by atoms with Gasteiger partial charge in [0, 0.05) is 27.6 Å². The minimum atomic E-state index is -3.83. The number of hydrogen-bond acceptors (Lipinski definition) is 6. The third-order valence-corrected chi connectivity index (χ3v) is 6.41. The van der Waals surface area contributed by atoms with Gasteiger partial charge in [0.05, 0.1) is 12.0 Å². The van der Waals surface area contributed by atoms with Crippen molar-refractivity contribution in [3.8, 4) is 5.75 Å². The molecule has 0 saturated carbocycles. The quantitative estimate of drug-likeness (QED) is 0.448. The number of anilines is 1. The molecule has 3 aromatic rings. The Morgan fingerprint density at radius 2 is 1.61 bits per heavy atom. The number of ether oxygens (including phenoxy) is 1. The fraction of sp³-hybridized carbons (Fsp3) is 0.0526. The maximum Gasteiger partial charge on any atom is 0.269 e. The Balaban J connectivity index is 1.86. The monoisotopic (exact) mass is 416 g/mol. The molecule has 144 valence electrons. The van der Waals surface area contributed by atoms with Gasteiger partial charge in [-0.05, 0) is 48.5 Å². The molecule has 0 bridgehead atoms. The van der Waals surface area contributed by atoms with E-state index in [1.807, 2.05) is 0 Å². The SMILES string of the molecule is COc1ccc(NS(=O)(=O)c2ccccc2Sc2ccc([N+](=O)[O-])cc2)cc1. The smallest absolute Gasteiger partial charge is 0.269 e. The lowest BCUT2D eigenvalue weighted by Gasteiger charge is -2.12. The second-order valence-corrected chi connectivity index (χ2v) is 8.40. The van der Waals surface area contributed by atoms with Crippen LogP contribution in [0.1, 0.15) is 0 Å². The third kappa shape index (κ3) is 4.62. The second-order valence-electron chi connectivity index (χ2n) is 5.63. The molecule has 0 aliphatic carbocycles. The standard InChI is InChI=1S/C19H16N2O5S2/c1-26-16-10-6-14(7-11-16)20-28(24,25)19-5-3-2-4-18(19)27-17-12-8-15(9-13-17)21(22)23/h2-13,20H,1H3. The average molecular weight is 416 g/mol. The Kier molecular flexibility index (Phi) is 5.86. The summed E-state index contributed by atoms with van der Waals surface area (Å²) in [4.78, 5) is 11.6. The molecule has 0 radical (unpaired) electrons. The van der Waals surface area contributed by atoms with E-state index in [2.05, 4.69) is 4.72 Å². The van der Waals surface area contributed by atoms with Gasteiger partial charge in [-0.3, -0.25) is 14.8 Å². The van der Waals surface area contributed by atoms with Crippen molar-refractivity contribution in [1.82, 2.24) is 0 Å². The van der Waals surface area contributed by atoms with Crippen LogP contribution in [0, 0.1) is 10.1 Å². The first-order valence-electron chi connectivity index (χ1n) is 8.07. The summed E-state index contributed by atoms with van der Waals surface area (Å²) < 4.78 is 33.4. The highest BCUT2D eigenvalue weighted by Gasteiger charge is 2.19. The molecule has 28 heavy (non-hydrogen) atoms. The van der Waals surface area contributed by atoms with E-state index < -0.39 is 14.9 Å². The van der Waals surface area contributed by atoms with Crippen LogP contribution in [0.3, 0.4) is 0 Å². The van der Waals surface area contributed by atoms with Crippen LogP contribution in [0.2, 0.25) is 0 Å². The van der Waals surface area contributed by atoms with Crippen LogP contribution >= 0.6 is 11.8 Å². The number of rotatable bonds is 7. The number of benzene rings is 3. The van der Waals surface area contributed by atoms with E-state index in [0.717, 1.165) is 0 Å². The van der Waals surface area contributed by atoms with Crippen molar-refractivity contribution in [3.63, 3.8) is 0 Å². The molecule has 0 aliphatic rings. The van der Waals surface area contributed by atoms with Crippen LogP contribution in [0.5, 0.6) is 5.75 Å². The highest BCUT2D eigenvalue weighted by molar-refractivity contribution is 8.00. The number of nitro groups is 1. The Hall–Kier alpha value is -3.04. The van der Waals surface area contributed by atoms with Crippen LogP contribution < -0.4 is 9.46 Å². The highest BCUT2D eigenvalue weighted by Crippen LogP contribution is 2.34. The van der Waals surface area contributed by atoms with Gasteiger partial charge in [-0.2, -0.15) is 0 Å². The number of methoxy groups -OCH3 is 1. The number of non-ortho nitro benzene ring substituents is 1. The maximum absolute atomic E-state index is 12.9. The Morgan fingerprint density at radius 1 is 0.964 bits per heavy atom. The van der Waals surface area contributed by atoms with Crippen molar-refractivity contribution < 1.29 is 18.1 Å². The molecule has 0 atom stereocenters. The highest BCUT2D eigenvalue weighted by atomic mass is 32.2. The zero-order chi connectivity index (χ0) is 20.1. The molecule has 0 spiro atoms. The van der Waals surface area contributed by atoms with E-state index in [-0.39, 0.29) is 10.6 Å². The van der Waals surface area contributed by atoms with Crippen molar-refractivity contribution in [2.45, 2.75) is 14.7 Å². The fourth-order valence-corrected chi connectivity index (χ4v) is 4.83. The Labute approximate surface area is 166 Å². The molecular weight excluding hydrogens is 400 g/mol. The summed E-state index contributed by atoms with van der Waals surface area (Å²) in [5.74, 6) is 0.622. The average Bonchev–Trinajstić information content (AvgIpc) is 2.69. The lowest BCUT2D eigenvalue weighted by Crippen LogP contribution is -2.13. The van der Waals surface area contributed by atoms with Gasteiger partial charge in [-0.25, -0.2) is 8.42 Å². The largest absolute Gasteiger partial charge is 0.497 e. The zero-order valence-electron chi connectivity index (χ0n) is 14.7. The summed E-state index contributed by atoms with van der Waals surface area (Å²) in [6.45, 7) is 0.